The lowest BCUT2D eigenvalue weighted by molar-refractivity contribution is 0.0943. The third-order valence-corrected chi connectivity index (χ3v) is 4.33. The van der Waals surface area contributed by atoms with E-state index in [0.29, 0.717) is 22.5 Å². The van der Waals surface area contributed by atoms with Crippen LogP contribution >= 0.6 is 11.6 Å². The fourth-order valence-corrected chi connectivity index (χ4v) is 2.83. The van der Waals surface area contributed by atoms with Gasteiger partial charge in [-0.15, -0.1) is 0 Å². The molecule has 5 heteroatoms. The molecule has 0 radical (unpaired) electrons. The maximum absolute atomic E-state index is 12.6. The Hall–Kier alpha value is -2.59. The highest BCUT2D eigenvalue weighted by Gasteiger charge is 2.26. The number of nitrogens with one attached hydrogen (secondary N) is 1. The number of carbonyl (C=O) groups excluding carboxylic acids is 1. The van der Waals surface area contributed by atoms with Gasteiger partial charge < -0.3 is 5.32 Å². The lowest BCUT2D eigenvalue weighted by Crippen LogP contribution is -2.27. The average Bonchev–Trinajstić information content (AvgIpc) is 3.31. The Kier molecular flexibility index (Phi) is 3.82. The third kappa shape index (κ3) is 2.93. The second-order valence-corrected chi connectivity index (χ2v) is 6.30. The van der Waals surface area contributed by atoms with Crippen LogP contribution in [-0.2, 0) is 0 Å². The number of hydrogen-bond donors (Lipinski definition) is 1. The predicted molar refractivity (Wildman–Crippen MR) is 94.5 cm³/mol. The van der Waals surface area contributed by atoms with Gasteiger partial charge in [0.15, 0.2) is 0 Å². The molecular weight excluding hydrogens is 322 g/mol. The van der Waals surface area contributed by atoms with Gasteiger partial charge in [0.05, 0.1) is 16.4 Å². The Bertz CT molecular complexity index is 885. The fraction of sp³-hybridized carbons (Fsp3) is 0.158. The zero-order valence-corrected chi connectivity index (χ0v) is 13.7. The summed E-state index contributed by atoms with van der Waals surface area (Å²) in [5.74, 6) is -0.104. The standard InChI is InChI=1S/C19H16ClN3O/c20-16-9-5-4-8-15(16)17-12-18(19(24)21-13-10-11-13)23(22-17)14-6-2-1-3-7-14/h1-9,12-13H,10-11H2,(H,21,24). The Morgan fingerprint density at radius 2 is 1.79 bits per heavy atom. The van der Waals surface area contributed by atoms with Crippen molar-refractivity contribution in [3.63, 3.8) is 0 Å². The summed E-state index contributed by atoms with van der Waals surface area (Å²) in [6.45, 7) is 0. The van der Waals surface area contributed by atoms with E-state index in [4.69, 9.17) is 11.6 Å². The van der Waals surface area contributed by atoms with Crippen molar-refractivity contribution in [3.05, 3.63) is 71.4 Å². The van der Waals surface area contributed by atoms with Crippen LogP contribution in [0.5, 0.6) is 0 Å². The van der Waals surface area contributed by atoms with E-state index in [2.05, 4.69) is 10.4 Å². The SMILES string of the molecule is O=C(NC1CC1)c1cc(-c2ccccc2Cl)nn1-c1ccccc1. The summed E-state index contributed by atoms with van der Waals surface area (Å²) in [6, 6.07) is 19.2. The smallest absolute Gasteiger partial charge is 0.270 e. The Balaban J connectivity index is 1.81. The molecule has 4 rings (SSSR count). The van der Waals surface area contributed by atoms with E-state index in [1.165, 1.54) is 0 Å². The first-order chi connectivity index (χ1) is 11.7. The molecule has 0 saturated heterocycles. The highest BCUT2D eigenvalue weighted by atomic mass is 35.5. The van der Waals surface area contributed by atoms with Crippen LogP contribution in [0, 0.1) is 0 Å². The quantitative estimate of drug-likeness (QED) is 0.779. The van der Waals surface area contributed by atoms with Crippen molar-refractivity contribution in [1.29, 1.82) is 0 Å². The number of para-hydroxylation sites is 1. The minimum absolute atomic E-state index is 0.104. The highest BCUT2D eigenvalue weighted by molar-refractivity contribution is 6.33. The van der Waals surface area contributed by atoms with E-state index in [1.54, 1.807) is 10.7 Å². The van der Waals surface area contributed by atoms with Crippen molar-refractivity contribution < 1.29 is 4.79 Å². The molecule has 1 heterocycles. The molecule has 0 unspecified atom stereocenters. The van der Waals surface area contributed by atoms with Crippen molar-refractivity contribution >= 4 is 17.5 Å². The molecule has 0 bridgehead atoms. The first kappa shape index (κ1) is 15.0. The van der Waals surface area contributed by atoms with Crippen molar-refractivity contribution in [2.24, 2.45) is 0 Å². The lowest BCUT2D eigenvalue weighted by atomic mass is 10.1. The molecule has 1 amide bonds. The van der Waals surface area contributed by atoms with Gasteiger partial charge in [-0.3, -0.25) is 4.79 Å². The van der Waals surface area contributed by atoms with Crippen molar-refractivity contribution in [2.45, 2.75) is 18.9 Å². The molecule has 1 aliphatic rings. The maximum Gasteiger partial charge on any atom is 0.270 e. The Labute approximate surface area is 145 Å². The number of halogens is 1. The van der Waals surface area contributed by atoms with Gasteiger partial charge in [0.2, 0.25) is 0 Å². The van der Waals surface area contributed by atoms with Gasteiger partial charge in [0, 0.05) is 11.6 Å². The largest absolute Gasteiger partial charge is 0.348 e. The predicted octanol–water partition coefficient (Wildman–Crippen LogP) is 4.08. The summed E-state index contributed by atoms with van der Waals surface area (Å²) in [5.41, 5.74) is 2.86. The van der Waals surface area contributed by atoms with Crippen LogP contribution in [-0.4, -0.2) is 21.7 Å². The Morgan fingerprint density at radius 3 is 2.50 bits per heavy atom. The van der Waals surface area contributed by atoms with E-state index in [0.717, 1.165) is 24.1 Å². The monoisotopic (exact) mass is 337 g/mol. The van der Waals surface area contributed by atoms with Crippen LogP contribution in [0.25, 0.3) is 16.9 Å². The van der Waals surface area contributed by atoms with Crippen LogP contribution in [0.2, 0.25) is 5.02 Å². The molecule has 3 aromatic rings. The molecule has 1 aromatic heterocycles. The molecular formula is C19H16ClN3O. The first-order valence-electron chi connectivity index (χ1n) is 7.93. The number of carbonyl (C=O) groups is 1. The van der Waals surface area contributed by atoms with Gasteiger partial charge in [-0.25, -0.2) is 4.68 Å². The van der Waals surface area contributed by atoms with Gasteiger partial charge in [-0.1, -0.05) is 48.0 Å². The van der Waals surface area contributed by atoms with Crippen LogP contribution < -0.4 is 5.32 Å². The number of amides is 1. The number of nitrogens with zero attached hydrogens (tertiary/aromatic N) is 2. The molecule has 0 aliphatic heterocycles. The summed E-state index contributed by atoms with van der Waals surface area (Å²) in [4.78, 5) is 12.6. The summed E-state index contributed by atoms with van der Waals surface area (Å²) < 4.78 is 1.68. The molecule has 1 fully saturated rings. The van der Waals surface area contributed by atoms with E-state index in [-0.39, 0.29) is 5.91 Å². The van der Waals surface area contributed by atoms with Gasteiger partial charge in [0.1, 0.15) is 5.69 Å². The first-order valence-corrected chi connectivity index (χ1v) is 8.31. The highest BCUT2D eigenvalue weighted by Crippen LogP contribution is 2.28. The average molecular weight is 338 g/mol. The summed E-state index contributed by atoms with van der Waals surface area (Å²) in [7, 11) is 0. The van der Waals surface area contributed by atoms with Crippen molar-refractivity contribution in [3.8, 4) is 16.9 Å². The summed E-state index contributed by atoms with van der Waals surface area (Å²) in [5, 5.41) is 8.27. The third-order valence-electron chi connectivity index (χ3n) is 4.01. The molecule has 4 nitrogen and oxygen atoms in total. The minimum Gasteiger partial charge on any atom is -0.348 e. The molecule has 0 spiro atoms. The van der Waals surface area contributed by atoms with Crippen LogP contribution in [0.4, 0.5) is 0 Å². The van der Waals surface area contributed by atoms with Crippen molar-refractivity contribution in [1.82, 2.24) is 15.1 Å². The molecule has 2 aromatic carbocycles. The van der Waals surface area contributed by atoms with Gasteiger partial charge >= 0.3 is 0 Å². The number of hydrogen-bond acceptors (Lipinski definition) is 2. The van der Waals surface area contributed by atoms with E-state index in [1.807, 2.05) is 54.6 Å². The van der Waals surface area contributed by atoms with E-state index in [9.17, 15) is 4.79 Å². The molecule has 1 saturated carbocycles. The summed E-state index contributed by atoms with van der Waals surface area (Å²) >= 11 is 6.29. The topological polar surface area (TPSA) is 46.9 Å². The van der Waals surface area contributed by atoms with Crippen LogP contribution in [0.3, 0.4) is 0 Å². The minimum atomic E-state index is -0.104. The molecule has 1 aliphatic carbocycles. The second-order valence-electron chi connectivity index (χ2n) is 5.89. The fourth-order valence-electron chi connectivity index (χ4n) is 2.60. The normalized spacial score (nSPS) is 13.7. The van der Waals surface area contributed by atoms with Crippen LogP contribution in [0.15, 0.2) is 60.7 Å². The van der Waals surface area contributed by atoms with E-state index >= 15 is 0 Å². The van der Waals surface area contributed by atoms with Crippen LogP contribution in [0.1, 0.15) is 23.3 Å². The second kappa shape index (κ2) is 6.13. The molecule has 120 valence electrons. The lowest BCUT2D eigenvalue weighted by Gasteiger charge is -2.07. The van der Waals surface area contributed by atoms with Crippen molar-refractivity contribution in [2.75, 3.05) is 0 Å². The van der Waals surface area contributed by atoms with Gasteiger partial charge in [-0.05, 0) is 37.1 Å². The van der Waals surface area contributed by atoms with Gasteiger partial charge in [0.25, 0.3) is 5.91 Å². The molecule has 24 heavy (non-hydrogen) atoms. The number of rotatable bonds is 4. The Morgan fingerprint density at radius 1 is 1.08 bits per heavy atom. The molecule has 1 N–H and O–H groups in total. The number of aromatic nitrogens is 2. The summed E-state index contributed by atoms with van der Waals surface area (Å²) in [6.07, 6.45) is 2.09. The van der Waals surface area contributed by atoms with Gasteiger partial charge in [-0.2, -0.15) is 5.10 Å². The zero-order chi connectivity index (χ0) is 16.5. The zero-order valence-electron chi connectivity index (χ0n) is 12.9. The van der Waals surface area contributed by atoms with E-state index < -0.39 is 0 Å². The molecule has 0 atom stereocenters. The maximum atomic E-state index is 12.6. The number of benzene rings is 2.